The third-order valence-electron chi connectivity index (χ3n) is 2.05. The van der Waals surface area contributed by atoms with Crippen molar-refractivity contribution in [1.29, 1.82) is 0 Å². The summed E-state index contributed by atoms with van der Waals surface area (Å²) in [5.41, 5.74) is -0.451. The van der Waals surface area contributed by atoms with Crippen LogP contribution in [0.25, 0.3) is 0 Å². The molecule has 0 aromatic carbocycles. The first-order valence-electron chi connectivity index (χ1n) is 5.56. The summed E-state index contributed by atoms with van der Waals surface area (Å²) in [6.07, 6.45) is 1.64. The number of hydrogen-bond acceptors (Lipinski definition) is 4. The van der Waals surface area contributed by atoms with Gasteiger partial charge in [-0.1, -0.05) is 14.4 Å². The number of rotatable bonds is 5. The molecular formula is C13H26O4. The van der Waals surface area contributed by atoms with E-state index in [-0.39, 0.29) is 25.3 Å². The summed E-state index contributed by atoms with van der Waals surface area (Å²) in [6, 6.07) is 0. The summed E-state index contributed by atoms with van der Waals surface area (Å²) in [5, 5.41) is 0. The Hall–Kier alpha value is -1.06. The molecule has 0 amide bonds. The molecule has 0 aromatic heterocycles. The molecule has 0 saturated heterocycles. The lowest BCUT2D eigenvalue weighted by atomic mass is 10.0. The standard InChI is InChI=1S/C12H22O4.CH4/c1-9(7-6-8-10(13)15-5)11(14)16-12(2,3)4;/h9H,6-8H2,1-5H3;1H4/t9-;/m0./s1. The molecule has 0 bridgehead atoms. The SMILES string of the molecule is C.COC(=O)CCC[C@H](C)C(=O)OC(C)(C)C. The first-order chi connectivity index (χ1) is 7.26. The Balaban J connectivity index is 0. The normalized spacial score (nSPS) is 12.3. The van der Waals surface area contributed by atoms with Crippen molar-refractivity contribution in [2.45, 2.75) is 60.0 Å². The average molecular weight is 246 g/mol. The molecule has 0 aliphatic rings. The zero-order chi connectivity index (χ0) is 12.8. The van der Waals surface area contributed by atoms with E-state index in [0.29, 0.717) is 19.3 Å². The van der Waals surface area contributed by atoms with Crippen molar-refractivity contribution in [3.63, 3.8) is 0 Å². The van der Waals surface area contributed by atoms with Gasteiger partial charge in [0.25, 0.3) is 0 Å². The Labute approximate surface area is 105 Å². The van der Waals surface area contributed by atoms with Gasteiger partial charge in [-0.25, -0.2) is 0 Å². The summed E-state index contributed by atoms with van der Waals surface area (Å²) in [7, 11) is 1.36. The van der Waals surface area contributed by atoms with E-state index in [1.165, 1.54) is 7.11 Å². The molecule has 0 rings (SSSR count). The van der Waals surface area contributed by atoms with Crippen molar-refractivity contribution in [2.75, 3.05) is 7.11 Å². The summed E-state index contributed by atoms with van der Waals surface area (Å²) < 4.78 is 9.75. The number of methoxy groups -OCH3 is 1. The Kier molecular flexibility index (Phi) is 8.72. The molecule has 0 unspecified atom stereocenters. The maximum atomic E-state index is 11.6. The Morgan fingerprint density at radius 1 is 1.24 bits per heavy atom. The number of hydrogen-bond donors (Lipinski definition) is 0. The van der Waals surface area contributed by atoms with Crippen LogP contribution in [0.4, 0.5) is 0 Å². The molecule has 17 heavy (non-hydrogen) atoms. The van der Waals surface area contributed by atoms with E-state index in [0.717, 1.165) is 0 Å². The Morgan fingerprint density at radius 2 is 1.76 bits per heavy atom. The highest BCUT2D eigenvalue weighted by molar-refractivity contribution is 5.72. The van der Waals surface area contributed by atoms with Gasteiger partial charge in [-0.05, 0) is 33.6 Å². The monoisotopic (exact) mass is 246 g/mol. The lowest BCUT2D eigenvalue weighted by Gasteiger charge is -2.22. The molecule has 0 N–H and O–H groups in total. The highest BCUT2D eigenvalue weighted by atomic mass is 16.6. The van der Waals surface area contributed by atoms with E-state index in [9.17, 15) is 9.59 Å². The molecule has 102 valence electrons. The van der Waals surface area contributed by atoms with Gasteiger partial charge >= 0.3 is 11.9 Å². The van der Waals surface area contributed by atoms with Crippen molar-refractivity contribution in [1.82, 2.24) is 0 Å². The summed E-state index contributed by atoms with van der Waals surface area (Å²) >= 11 is 0. The molecule has 1 atom stereocenters. The van der Waals surface area contributed by atoms with Gasteiger partial charge in [0.2, 0.25) is 0 Å². The Morgan fingerprint density at radius 3 is 2.18 bits per heavy atom. The van der Waals surface area contributed by atoms with E-state index >= 15 is 0 Å². The molecule has 0 fully saturated rings. The topological polar surface area (TPSA) is 52.6 Å². The highest BCUT2D eigenvalue weighted by Gasteiger charge is 2.21. The Bertz CT molecular complexity index is 240. The predicted octanol–water partition coefficient (Wildman–Crippen LogP) is 2.94. The van der Waals surface area contributed by atoms with Crippen LogP contribution in [0.1, 0.15) is 54.4 Å². The van der Waals surface area contributed by atoms with Gasteiger partial charge in [-0.15, -0.1) is 0 Å². The minimum atomic E-state index is -0.451. The zero-order valence-electron chi connectivity index (χ0n) is 10.8. The third-order valence-corrected chi connectivity index (χ3v) is 2.05. The van der Waals surface area contributed by atoms with Crippen LogP contribution in [0, 0.1) is 5.92 Å². The van der Waals surface area contributed by atoms with Crippen molar-refractivity contribution in [2.24, 2.45) is 5.92 Å². The lowest BCUT2D eigenvalue weighted by molar-refractivity contribution is -0.159. The first-order valence-corrected chi connectivity index (χ1v) is 5.56. The van der Waals surface area contributed by atoms with Crippen LogP contribution >= 0.6 is 0 Å². The molecular weight excluding hydrogens is 220 g/mol. The molecule has 0 heterocycles. The van der Waals surface area contributed by atoms with Crippen molar-refractivity contribution in [3.8, 4) is 0 Å². The van der Waals surface area contributed by atoms with Gasteiger partial charge in [0.15, 0.2) is 0 Å². The molecule has 0 aromatic rings. The van der Waals surface area contributed by atoms with Crippen molar-refractivity contribution in [3.05, 3.63) is 0 Å². The first kappa shape index (κ1) is 18.3. The summed E-state index contributed by atoms with van der Waals surface area (Å²) in [4.78, 5) is 22.4. The minimum absolute atomic E-state index is 0. The van der Waals surface area contributed by atoms with Crippen LogP contribution in [-0.2, 0) is 19.1 Å². The van der Waals surface area contributed by atoms with Crippen LogP contribution < -0.4 is 0 Å². The quantitative estimate of drug-likeness (QED) is 0.700. The zero-order valence-corrected chi connectivity index (χ0v) is 10.8. The van der Waals surface area contributed by atoms with Gasteiger partial charge < -0.3 is 9.47 Å². The van der Waals surface area contributed by atoms with Gasteiger partial charge in [0.05, 0.1) is 13.0 Å². The number of ether oxygens (including phenoxy) is 2. The summed E-state index contributed by atoms with van der Waals surface area (Å²) in [5.74, 6) is -0.627. The second kappa shape index (κ2) is 8.09. The molecule has 4 nitrogen and oxygen atoms in total. The number of carbonyl (C=O) groups is 2. The molecule has 4 heteroatoms. The van der Waals surface area contributed by atoms with Gasteiger partial charge in [-0.2, -0.15) is 0 Å². The van der Waals surface area contributed by atoms with E-state index < -0.39 is 5.60 Å². The maximum absolute atomic E-state index is 11.6. The maximum Gasteiger partial charge on any atom is 0.309 e. The highest BCUT2D eigenvalue weighted by Crippen LogP contribution is 2.15. The molecule has 0 radical (unpaired) electrons. The molecule has 0 saturated carbocycles. The summed E-state index contributed by atoms with van der Waals surface area (Å²) in [6.45, 7) is 7.33. The second-order valence-corrected chi connectivity index (χ2v) is 4.90. The fraction of sp³-hybridized carbons (Fsp3) is 0.846. The molecule has 0 aliphatic heterocycles. The fourth-order valence-corrected chi connectivity index (χ4v) is 1.17. The predicted molar refractivity (Wildman–Crippen MR) is 67.6 cm³/mol. The smallest absolute Gasteiger partial charge is 0.309 e. The van der Waals surface area contributed by atoms with Crippen LogP contribution in [-0.4, -0.2) is 24.6 Å². The number of esters is 2. The number of carbonyl (C=O) groups excluding carboxylic acids is 2. The lowest BCUT2D eigenvalue weighted by Crippen LogP contribution is -2.27. The van der Waals surface area contributed by atoms with Crippen LogP contribution in [0.2, 0.25) is 0 Å². The van der Waals surface area contributed by atoms with Crippen molar-refractivity contribution >= 4 is 11.9 Å². The fourth-order valence-electron chi connectivity index (χ4n) is 1.17. The van der Waals surface area contributed by atoms with E-state index in [1.54, 1.807) is 0 Å². The van der Waals surface area contributed by atoms with Crippen LogP contribution in [0.15, 0.2) is 0 Å². The van der Waals surface area contributed by atoms with Crippen LogP contribution in [0.5, 0.6) is 0 Å². The van der Waals surface area contributed by atoms with Gasteiger partial charge in [0, 0.05) is 6.42 Å². The molecule has 0 spiro atoms. The van der Waals surface area contributed by atoms with E-state index in [1.807, 2.05) is 27.7 Å². The van der Waals surface area contributed by atoms with E-state index in [4.69, 9.17) is 4.74 Å². The second-order valence-electron chi connectivity index (χ2n) is 4.90. The third kappa shape index (κ3) is 9.85. The van der Waals surface area contributed by atoms with Crippen molar-refractivity contribution < 1.29 is 19.1 Å². The average Bonchev–Trinajstić information content (AvgIpc) is 2.14. The van der Waals surface area contributed by atoms with Gasteiger partial charge in [0.1, 0.15) is 5.60 Å². The largest absolute Gasteiger partial charge is 0.469 e. The minimum Gasteiger partial charge on any atom is -0.469 e. The van der Waals surface area contributed by atoms with E-state index in [2.05, 4.69) is 4.74 Å². The molecule has 0 aliphatic carbocycles. The van der Waals surface area contributed by atoms with Gasteiger partial charge in [-0.3, -0.25) is 9.59 Å². The van der Waals surface area contributed by atoms with Crippen LogP contribution in [0.3, 0.4) is 0 Å².